The van der Waals surface area contributed by atoms with Gasteiger partial charge in [0.2, 0.25) is 0 Å². The summed E-state index contributed by atoms with van der Waals surface area (Å²) < 4.78 is 5.70. The average molecular weight is 377 g/mol. The van der Waals surface area contributed by atoms with Crippen molar-refractivity contribution in [2.24, 2.45) is 11.1 Å². The highest BCUT2D eigenvalue weighted by Crippen LogP contribution is 2.45. The fraction of sp³-hybridized carbons (Fsp3) is 0.360. The number of allylic oxidation sites excluding steroid dienone is 5. The maximum atomic E-state index is 5.80. The maximum Gasteiger partial charge on any atom is 0.127 e. The second-order valence-corrected chi connectivity index (χ2v) is 8.93. The van der Waals surface area contributed by atoms with Crippen molar-refractivity contribution in [1.29, 1.82) is 0 Å². The van der Waals surface area contributed by atoms with Crippen LogP contribution < -0.4 is 10.5 Å². The van der Waals surface area contributed by atoms with Gasteiger partial charge in [-0.15, -0.1) is 0 Å². The third kappa shape index (κ3) is 3.30. The number of hydrogen-bond acceptors (Lipinski definition) is 3. The van der Waals surface area contributed by atoms with Crippen LogP contribution in [0.4, 0.5) is 0 Å². The predicted octanol–water partition coefficient (Wildman–Crippen LogP) is 5.66. The third-order valence-corrected chi connectivity index (χ3v) is 5.79. The fourth-order valence-electron chi connectivity index (χ4n) is 4.10. The molecule has 0 saturated carbocycles. The molecule has 2 N–H and O–H groups in total. The predicted molar refractivity (Wildman–Crippen MR) is 120 cm³/mol. The Morgan fingerprint density at radius 1 is 1.29 bits per heavy atom. The van der Waals surface area contributed by atoms with Crippen molar-refractivity contribution in [1.82, 2.24) is 4.90 Å². The molecule has 0 aromatic heterocycles. The van der Waals surface area contributed by atoms with E-state index >= 15 is 0 Å². The number of benzene rings is 1. The summed E-state index contributed by atoms with van der Waals surface area (Å²) in [5.41, 5.74) is 14.8. The number of hydrogen-bond donors (Lipinski definition) is 1. The lowest BCUT2D eigenvalue weighted by Gasteiger charge is -2.47. The Bertz CT molecular complexity index is 938. The zero-order valence-electron chi connectivity index (χ0n) is 18.0. The summed E-state index contributed by atoms with van der Waals surface area (Å²) in [5.74, 6) is 0.841. The largest absolute Gasteiger partial charge is 0.496 e. The van der Waals surface area contributed by atoms with Crippen molar-refractivity contribution < 1.29 is 4.74 Å². The van der Waals surface area contributed by atoms with Crippen molar-refractivity contribution in [2.75, 3.05) is 7.11 Å². The van der Waals surface area contributed by atoms with E-state index in [1.54, 1.807) is 13.3 Å². The number of nitrogens with zero attached hydrogens (tertiary/aromatic N) is 1. The Morgan fingerprint density at radius 2 is 1.96 bits per heavy atom. The third-order valence-electron chi connectivity index (χ3n) is 5.79. The van der Waals surface area contributed by atoms with Crippen LogP contribution in [0, 0.1) is 5.41 Å². The quantitative estimate of drug-likeness (QED) is 0.740. The molecule has 2 aliphatic rings. The van der Waals surface area contributed by atoms with E-state index in [1.165, 1.54) is 16.8 Å². The number of ether oxygens (including phenoxy) is 1. The van der Waals surface area contributed by atoms with Crippen LogP contribution in [0.25, 0.3) is 11.3 Å². The van der Waals surface area contributed by atoms with Crippen LogP contribution in [-0.4, -0.2) is 18.1 Å². The molecule has 148 valence electrons. The summed E-state index contributed by atoms with van der Waals surface area (Å²) >= 11 is 0. The number of methoxy groups -OCH3 is 1. The molecule has 3 heteroatoms. The Hall–Kier alpha value is -2.68. The Kier molecular flexibility index (Phi) is 5.05. The molecular formula is C25H32N2O. The van der Waals surface area contributed by atoms with Gasteiger partial charge in [-0.1, -0.05) is 33.9 Å². The van der Waals surface area contributed by atoms with Gasteiger partial charge in [0.1, 0.15) is 5.75 Å². The van der Waals surface area contributed by atoms with E-state index in [-0.39, 0.29) is 5.41 Å². The number of nitrogens with two attached hydrogens (primary N) is 1. The van der Waals surface area contributed by atoms with E-state index in [4.69, 9.17) is 10.5 Å². The van der Waals surface area contributed by atoms with Crippen molar-refractivity contribution in [3.63, 3.8) is 0 Å². The van der Waals surface area contributed by atoms with Crippen LogP contribution in [0.5, 0.6) is 5.75 Å². The first-order valence-electron chi connectivity index (χ1n) is 9.75. The normalized spacial score (nSPS) is 19.5. The summed E-state index contributed by atoms with van der Waals surface area (Å²) in [6.45, 7) is 19.4. The molecule has 0 saturated heterocycles. The van der Waals surface area contributed by atoms with Crippen molar-refractivity contribution in [2.45, 2.75) is 47.1 Å². The zero-order valence-corrected chi connectivity index (χ0v) is 18.0. The minimum absolute atomic E-state index is 0.102. The SMILES string of the molecule is C=C(C)C1=CN2C(=CC1=C)c1cc(OC)c(/C(C)=C/N)cc1CC2C(C)(C)C. The smallest absolute Gasteiger partial charge is 0.127 e. The van der Waals surface area contributed by atoms with Gasteiger partial charge in [-0.25, -0.2) is 0 Å². The van der Waals surface area contributed by atoms with Crippen LogP contribution in [0.15, 0.2) is 60.5 Å². The van der Waals surface area contributed by atoms with Crippen LogP contribution in [-0.2, 0) is 6.42 Å². The first-order valence-corrected chi connectivity index (χ1v) is 9.75. The molecule has 0 amide bonds. The van der Waals surface area contributed by atoms with Gasteiger partial charge in [0.15, 0.2) is 0 Å². The second-order valence-electron chi connectivity index (χ2n) is 8.93. The Morgan fingerprint density at radius 3 is 2.50 bits per heavy atom. The molecule has 3 nitrogen and oxygen atoms in total. The molecule has 1 atom stereocenters. The molecule has 0 bridgehead atoms. The monoisotopic (exact) mass is 376 g/mol. The highest BCUT2D eigenvalue weighted by molar-refractivity contribution is 5.80. The molecular weight excluding hydrogens is 344 g/mol. The van der Waals surface area contributed by atoms with E-state index in [9.17, 15) is 0 Å². The van der Waals surface area contributed by atoms with Crippen LogP contribution in [0.2, 0.25) is 0 Å². The van der Waals surface area contributed by atoms with Gasteiger partial charge in [0, 0.05) is 29.1 Å². The Labute approximate surface area is 169 Å². The van der Waals surface area contributed by atoms with Crippen molar-refractivity contribution in [3.8, 4) is 5.75 Å². The molecule has 2 heterocycles. The lowest BCUT2D eigenvalue weighted by Crippen LogP contribution is -2.45. The van der Waals surface area contributed by atoms with E-state index in [1.807, 2.05) is 13.8 Å². The molecule has 3 rings (SSSR count). The lowest BCUT2D eigenvalue weighted by atomic mass is 9.76. The van der Waals surface area contributed by atoms with E-state index in [0.29, 0.717) is 6.04 Å². The maximum absolute atomic E-state index is 5.80. The highest BCUT2D eigenvalue weighted by Gasteiger charge is 2.38. The number of fused-ring (bicyclic) bond motifs is 3. The van der Waals surface area contributed by atoms with Crippen LogP contribution in [0.1, 0.15) is 51.3 Å². The molecule has 1 unspecified atom stereocenters. The summed E-state index contributed by atoms with van der Waals surface area (Å²) in [7, 11) is 1.71. The summed E-state index contributed by atoms with van der Waals surface area (Å²) in [6, 6.07) is 4.71. The van der Waals surface area contributed by atoms with Gasteiger partial charge in [-0.3, -0.25) is 0 Å². The zero-order chi connectivity index (χ0) is 20.8. The lowest BCUT2D eigenvalue weighted by molar-refractivity contribution is 0.189. The molecule has 0 radical (unpaired) electrons. The van der Waals surface area contributed by atoms with Gasteiger partial charge < -0.3 is 15.4 Å². The average Bonchev–Trinajstić information content (AvgIpc) is 2.64. The van der Waals surface area contributed by atoms with E-state index in [0.717, 1.165) is 40.0 Å². The first kappa shape index (κ1) is 20.1. The van der Waals surface area contributed by atoms with Gasteiger partial charge in [-0.2, -0.15) is 0 Å². The van der Waals surface area contributed by atoms with Crippen LogP contribution in [0.3, 0.4) is 0 Å². The molecule has 28 heavy (non-hydrogen) atoms. The van der Waals surface area contributed by atoms with Gasteiger partial charge in [0.25, 0.3) is 0 Å². The second kappa shape index (κ2) is 7.05. The van der Waals surface area contributed by atoms with E-state index in [2.05, 4.69) is 63.2 Å². The van der Waals surface area contributed by atoms with Gasteiger partial charge in [0.05, 0.1) is 7.11 Å². The molecule has 2 aliphatic heterocycles. The minimum Gasteiger partial charge on any atom is -0.496 e. The van der Waals surface area contributed by atoms with Gasteiger partial charge in [-0.05, 0) is 77.9 Å². The Balaban J connectivity index is 2.25. The fourth-order valence-corrected chi connectivity index (χ4v) is 4.10. The van der Waals surface area contributed by atoms with Crippen molar-refractivity contribution >= 4 is 11.3 Å². The minimum atomic E-state index is 0.102. The highest BCUT2D eigenvalue weighted by atomic mass is 16.5. The summed E-state index contributed by atoms with van der Waals surface area (Å²) in [4.78, 5) is 2.41. The molecule has 0 aliphatic carbocycles. The summed E-state index contributed by atoms with van der Waals surface area (Å²) in [5, 5.41) is 0. The standard InChI is InChI=1S/C25H32N2O/c1-15(2)21-14-27-22(9-16(21)3)20-12-23(28-8)19(17(4)13-26)10-18(20)11-24(27)25(5,6)7/h9-10,12-14,24H,1,3,11,26H2,2,4-8H3/b17-13+. The van der Waals surface area contributed by atoms with Gasteiger partial charge >= 0.3 is 0 Å². The topological polar surface area (TPSA) is 38.5 Å². The molecule has 1 aromatic rings. The first-order chi connectivity index (χ1) is 13.1. The molecule has 0 spiro atoms. The molecule has 1 aromatic carbocycles. The van der Waals surface area contributed by atoms with E-state index < -0.39 is 0 Å². The van der Waals surface area contributed by atoms with Crippen molar-refractivity contribution in [3.05, 3.63) is 77.2 Å². The summed E-state index contributed by atoms with van der Waals surface area (Å²) in [6.07, 6.45) is 7.01. The molecule has 0 fully saturated rings. The van der Waals surface area contributed by atoms with Crippen LogP contribution >= 0.6 is 0 Å². The number of rotatable bonds is 3.